The Balaban J connectivity index is 2.04. The van der Waals surface area contributed by atoms with Gasteiger partial charge in [0.2, 0.25) is 0 Å². The van der Waals surface area contributed by atoms with Crippen molar-refractivity contribution in [3.05, 3.63) is 54.1 Å². The van der Waals surface area contributed by atoms with Crippen LogP contribution in [0.1, 0.15) is 32.3 Å². The Hall–Kier alpha value is -2.54. The zero-order chi connectivity index (χ0) is 19.9. The third-order valence-electron chi connectivity index (χ3n) is 4.09. The number of carbonyl (C=O) groups is 1. The number of benzene rings is 2. The number of likely N-dealkylation sites (N-methyl/N-ethyl adjacent to an activating group) is 1. The van der Waals surface area contributed by atoms with Crippen LogP contribution >= 0.6 is 0 Å². The van der Waals surface area contributed by atoms with Crippen LogP contribution in [0.3, 0.4) is 0 Å². The maximum Gasteiger partial charge on any atom is 0.261 e. The van der Waals surface area contributed by atoms with E-state index in [0.29, 0.717) is 11.4 Å². The number of carbonyl (C=O) groups excluding carboxylic acids is 1. The molecular formula is C20H26N2O4S. The molecule has 0 aromatic heterocycles. The SMILES string of the molecule is CCCCc1ccc(NS(=O)(=O)c2ccc(O[C@@H](C)C(=O)NC)cc2)cc1. The van der Waals surface area contributed by atoms with Crippen LogP contribution in [0, 0.1) is 0 Å². The molecule has 146 valence electrons. The van der Waals surface area contributed by atoms with Crippen LogP contribution in [-0.2, 0) is 21.2 Å². The fourth-order valence-electron chi connectivity index (χ4n) is 2.49. The van der Waals surface area contributed by atoms with Gasteiger partial charge in [0.1, 0.15) is 5.75 Å². The lowest BCUT2D eigenvalue weighted by atomic mass is 10.1. The first kappa shape index (κ1) is 20.8. The van der Waals surface area contributed by atoms with Gasteiger partial charge in [0.05, 0.1) is 4.90 Å². The summed E-state index contributed by atoms with van der Waals surface area (Å²) in [5.41, 5.74) is 1.70. The van der Waals surface area contributed by atoms with E-state index >= 15 is 0 Å². The Morgan fingerprint density at radius 2 is 1.70 bits per heavy atom. The molecule has 2 aromatic carbocycles. The molecule has 2 rings (SSSR count). The molecule has 0 bridgehead atoms. The molecule has 0 fully saturated rings. The van der Waals surface area contributed by atoms with Crippen molar-refractivity contribution in [2.45, 2.75) is 44.1 Å². The van der Waals surface area contributed by atoms with Gasteiger partial charge < -0.3 is 10.1 Å². The molecule has 0 aliphatic carbocycles. The molecule has 2 N–H and O–H groups in total. The molecule has 0 aliphatic rings. The predicted octanol–water partition coefficient (Wildman–Crippen LogP) is 3.34. The van der Waals surface area contributed by atoms with E-state index in [1.165, 1.54) is 36.9 Å². The van der Waals surface area contributed by atoms with Crippen molar-refractivity contribution in [3.8, 4) is 5.75 Å². The number of anilines is 1. The summed E-state index contributed by atoms with van der Waals surface area (Å²) in [6, 6.07) is 13.4. The summed E-state index contributed by atoms with van der Waals surface area (Å²) in [5.74, 6) is 0.168. The van der Waals surface area contributed by atoms with Crippen LogP contribution in [0.25, 0.3) is 0 Å². The van der Waals surface area contributed by atoms with Gasteiger partial charge >= 0.3 is 0 Å². The molecule has 0 radical (unpaired) electrons. The lowest BCUT2D eigenvalue weighted by Gasteiger charge is -2.14. The first-order chi connectivity index (χ1) is 12.9. The molecule has 0 spiro atoms. The van der Waals surface area contributed by atoms with Gasteiger partial charge in [-0.25, -0.2) is 8.42 Å². The minimum Gasteiger partial charge on any atom is -0.481 e. The molecule has 1 amide bonds. The topological polar surface area (TPSA) is 84.5 Å². The highest BCUT2D eigenvalue weighted by Gasteiger charge is 2.16. The number of amides is 1. The van der Waals surface area contributed by atoms with Crippen molar-refractivity contribution in [2.24, 2.45) is 0 Å². The van der Waals surface area contributed by atoms with Gasteiger partial charge in [0.25, 0.3) is 15.9 Å². The standard InChI is InChI=1S/C20H26N2O4S/c1-4-5-6-16-7-9-17(10-8-16)22-27(24,25)19-13-11-18(12-14-19)26-15(2)20(23)21-3/h7-15,22H,4-6H2,1-3H3,(H,21,23)/t15-/m0/s1. The lowest BCUT2D eigenvalue weighted by molar-refractivity contribution is -0.126. The van der Waals surface area contributed by atoms with E-state index in [1.807, 2.05) is 12.1 Å². The molecule has 27 heavy (non-hydrogen) atoms. The summed E-state index contributed by atoms with van der Waals surface area (Å²) in [6.07, 6.45) is 2.55. The number of hydrogen-bond acceptors (Lipinski definition) is 4. The van der Waals surface area contributed by atoms with Crippen LogP contribution in [0.4, 0.5) is 5.69 Å². The Morgan fingerprint density at radius 3 is 2.26 bits per heavy atom. The van der Waals surface area contributed by atoms with E-state index in [9.17, 15) is 13.2 Å². The summed E-state index contributed by atoms with van der Waals surface area (Å²) < 4.78 is 33.1. The summed E-state index contributed by atoms with van der Waals surface area (Å²) in [5, 5.41) is 2.49. The van der Waals surface area contributed by atoms with Gasteiger partial charge in [-0.1, -0.05) is 25.5 Å². The molecule has 2 aromatic rings. The number of ether oxygens (including phenoxy) is 1. The van der Waals surface area contributed by atoms with Crippen molar-refractivity contribution in [2.75, 3.05) is 11.8 Å². The van der Waals surface area contributed by atoms with Crippen LogP contribution in [0.5, 0.6) is 5.75 Å². The average molecular weight is 391 g/mol. The predicted molar refractivity (Wildman–Crippen MR) is 106 cm³/mol. The van der Waals surface area contributed by atoms with Crippen LogP contribution in [-0.4, -0.2) is 27.5 Å². The van der Waals surface area contributed by atoms with Gasteiger partial charge in [0, 0.05) is 12.7 Å². The molecule has 0 unspecified atom stereocenters. The first-order valence-corrected chi connectivity index (χ1v) is 10.4. The van der Waals surface area contributed by atoms with Crippen molar-refractivity contribution in [1.82, 2.24) is 5.32 Å². The maximum atomic E-state index is 12.5. The Labute approximate surface area is 161 Å². The van der Waals surface area contributed by atoms with Crippen molar-refractivity contribution < 1.29 is 17.9 Å². The zero-order valence-electron chi connectivity index (χ0n) is 15.9. The van der Waals surface area contributed by atoms with Gasteiger partial charge in [-0.3, -0.25) is 9.52 Å². The van der Waals surface area contributed by atoms with Crippen LogP contribution < -0.4 is 14.8 Å². The Bertz CT molecular complexity index is 847. The van der Waals surface area contributed by atoms with E-state index in [1.54, 1.807) is 19.1 Å². The monoisotopic (exact) mass is 390 g/mol. The molecule has 1 atom stereocenters. The van der Waals surface area contributed by atoms with Crippen molar-refractivity contribution >= 4 is 21.6 Å². The number of nitrogens with one attached hydrogen (secondary N) is 2. The maximum absolute atomic E-state index is 12.5. The highest BCUT2D eigenvalue weighted by molar-refractivity contribution is 7.92. The molecule has 6 nitrogen and oxygen atoms in total. The van der Waals surface area contributed by atoms with Crippen LogP contribution in [0.2, 0.25) is 0 Å². The van der Waals surface area contributed by atoms with Crippen molar-refractivity contribution in [3.63, 3.8) is 0 Å². The number of unbranched alkanes of at least 4 members (excludes halogenated alkanes) is 1. The highest BCUT2D eigenvalue weighted by atomic mass is 32.2. The summed E-state index contributed by atoms with van der Waals surface area (Å²) in [4.78, 5) is 11.6. The summed E-state index contributed by atoms with van der Waals surface area (Å²) in [6.45, 7) is 3.76. The van der Waals surface area contributed by atoms with E-state index in [2.05, 4.69) is 17.0 Å². The number of hydrogen-bond donors (Lipinski definition) is 2. The number of aryl methyl sites for hydroxylation is 1. The average Bonchev–Trinajstić information content (AvgIpc) is 2.67. The normalized spacial score (nSPS) is 12.3. The second-order valence-corrected chi connectivity index (χ2v) is 7.93. The third-order valence-corrected chi connectivity index (χ3v) is 5.48. The van der Waals surface area contributed by atoms with E-state index in [-0.39, 0.29) is 10.8 Å². The van der Waals surface area contributed by atoms with Gasteiger partial charge in [-0.2, -0.15) is 0 Å². The third kappa shape index (κ3) is 5.99. The Morgan fingerprint density at radius 1 is 1.07 bits per heavy atom. The number of rotatable bonds is 9. The Kier molecular flexibility index (Phi) is 7.24. The van der Waals surface area contributed by atoms with E-state index < -0.39 is 16.1 Å². The quantitative estimate of drug-likeness (QED) is 0.688. The minimum absolute atomic E-state index is 0.123. The molecular weight excluding hydrogens is 364 g/mol. The largest absolute Gasteiger partial charge is 0.481 e. The minimum atomic E-state index is -3.69. The fraction of sp³-hybridized carbons (Fsp3) is 0.350. The number of sulfonamides is 1. The van der Waals surface area contributed by atoms with E-state index in [0.717, 1.165) is 19.3 Å². The lowest BCUT2D eigenvalue weighted by Crippen LogP contribution is -2.33. The molecule has 7 heteroatoms. The molecule has 0 aliphatic heterocycles. The van der Waals surface area contributed by atoms with Gasteiger partial charge in [0.15, 0.2) is 6.10 Å². The molecule has 0 saturated heterocycles. The smallest absolute Gasteiger partial charge is 0.261 e. The molecule has 0 heterocycles. The van der Waals surface area contributed by atoms with Crippen molar-refractivity contribution in [1.29, 1.82) is 0 Å². The highest BCUT2D eigenvalue weighted by Crippen LogP contribution is 2.20. The fourth-order valence-corrected chi connectivity index (χ4v) is 3.55. The van der Waals surface area contributed by atoms with Crippen LogP contribution in [0.15, 0.2) is 53.4 Å². The summed E-state index contributed by atoms with van der Waals surface area (Å²) >= 11 is 0. The second kappa shape index (κ2) is 9.41. The molecule has 0 saturated carbocycles. The first-order valence-electron chi connectivity index (χ1n) is 8.95. The summed E-state index contributed by atoms with van der Waals surface area (Å²) in [7, 11) is -2.17. The second-order valence-electron chi connectivity index (χ2n) is 6.25. The zero-order valence-corrected chi connectivity index (χ0v) is 16.7. The van der Waals surface area contributed by atoms with Gasteiger partial charge in [-0.15, -0.1) is 0 Å². The van der Waals surface area contributed by atoms with E-state index in [4.69, 9.17) is 4.74 Å². The van der Waals surface area contributed by atoms with Gasteiger partial charge in [-0.05, 0) is 61.7 Å².